The average molecular weight is 405 g/mol. The van der Waals surface area contributed by atoms with Gasteiger partial charge in [-0.3, -0.25) is 4.79 Å². The highest BCUT2D eigenvalue weighted by Gasteiger charge is 2.21. The first-order chi connectivity index (χ1) is 14.3. The Hall–Kier alpha value is -3.28. The minimum atomic E-state index is -0.941. The number of amides is 1. The summed E-state index contributed by atoms with van der Waals surface area (Å²) in [6.45, 7) is 9.54. The van der Waals surface area contributed by atoms with Gasteiger partial charge in [0.15, 0.2) is 6.10 Å². The van der Waals surface area contributed by atoms with Crippen molar-refractivity contribution in [3.05, 3.63) is 65.0 Å². The van der Waals surface area contributed by atoms with Gasteiger partial charge in [0.1, 0.15) is 0 Å². The Bertz CT molecular complexity index is 1090. The summed E-state index contributed by atoms with van der Waals surface area (Å²) >= 11 is 0. The highest BCUT2D eigenvalue weighted by molar-refractivity contribution is 5.98. The van der Waals surface area contributed by atoms with Crippen molar-refractivity contribution in [2.45, 2.75) is 53.1 Å². The van der Waals surface area contributed by atoms with Crippen molar-refractivity contribution in [1.29, 1.82) is 0 Å². The van der Waals surface area contributed by atoms with Crippen LogP contribution in [0, 0.1) is 13.8 Å². The second-order valence-corrected chi connectivity index (χ2v) is 7.53. The molecule has 6 heteroatoms. The number of esters is 1. The lowest BCUT2D eigenvalue weighted by molar-refractivity contribution is -0.123. The van der Waals surface area contributed by atoms with Crippen molar-refractivity contribution in [3.63, 3.8) is 0 Å². The highest BCUT2D eigenvalue weighted by atomic mass is 16.5. The molecule has 0 aliphatic rings. The van der Waals surface area contributed by atoms with E-state index >= 15 is 0 Å². The fourth-order valence-electron chi connectivity index (χ4n) is 3.13. The minimum Gasteiger partial charge on any atom is -0.449 e. The maximum absolute atomic E-state index is 12.6. The number of ether oxygens (including phenoxy) is 1. The number of nitrogens with zero attached hydrogens (tertiary/aromatic N) is 2. The van der Waals surface area contributed by atoms with Crippen LogP contribution in [-0.2, 0) is 9.53 Å². The number of aromatic nitrogens is 2. The van der Waals surface area contributed by atoms with Gasteiger partial charge >= 0.3 is 5.97 Å². The number of nitrogens with one attached hydrogen (secondary N) is 1. The highest BCUT2D eigenvalue weighted by Crippen LogP contribution is 2.26. The fraction of sp³-hybridized carbons (Fsp3) is 0.333. The molecule has 3 rings (SSSR count). The van der Waals surface area contributed by atoms with Crippen molar-refractivity contribution in [2.75, 3.05) is 5.32 Å². The van der Waals surface area contributed by atoms with Gasteiger partial charge in [0.05, 0.1) is 28.0 Å². The van der Waals surface area contributed by atoms with Crippen LogP contribution in [0.5, 0.6) is 0 Å². The van der Waals surface area contributed by atoms with Gasteiger partial charge in [0, 0.05) is 5.69 Å². The summed E-state index contributed by atoms with van der Waals surface area (Å²) < 4.78 is 5.40. The number of para-hydroxylation sites is 1. The van der Waals surface area contributed by atoms with Gasteiger partial charge in [0.2, 0.25) is 0 Å². The summed E-state index contributed by atoms with van der Waals surface area (Å²) in [4.78, 5) is 34.1. The molecule has 156 valence electrons. The number of carbonyl (C=O) groups is 2. The molecular formula is C24H27N3O3. The zero-order chi connectivity index (χ0) is 21.8. The van der Waals surface area contributed by atoms with Crippen molar-refractivity contribution in [1.82, 2.24) is 9.97 Å². The van der Waals surface area contributed by atoms with Crippen molar-refractivity contribution >= 4 is 28.6 Å². The maximum Gasteiger partial charge on any atom is 0.338 e. The Labute approximate surface area is 176 Å². The third-order valence-electron chi connectivity index (χ3n) is 5.33. The number of hydrogen-bond donors (Lipinski definition) is 1. The van der Waals surface area contributed by atoms with Crippen LogP contribution >= 0.6 is 0 Å². The van der Waals surface area contributed by atoms with E-state index in [9.17, 15) is 9.59 Å². The molecular weight excluding hydrogens is 378 g/mol. The number of carbonyl (C=O) groups excluding carboxylic acids is 2. The maximum atomic E-state index is 12.6. The standard InChI is InChI=1S/C24H27N3O3/c1-6-14(2)19-9-7-8-10-20(19)27-23(28)17(5)30-24(29)18-11-12-21-22(13-18)26-16(4)15(3)25-21/h7-14,17H,6H2,1-5H3,(H,27,28)/t14-,17-/m0/s1. The largest absolute Gasteiger partial charge is 0.449 e. The van der Waals surface area contributed by atoms with Gasteiger partial charge in [0.25, 0.3) is 5.91 Å². The Morgan fingerprint density at radius 3 is 2.37 bits per heavy atom. The topological polar surface area (TPSA) is 81.2 Å². The van der Waals surface area contributed by atoms with Crippen LogP contribution < -0.4 is 5.32 Å². The first kappa shape index (κ1) is 21.4. The predicted molar refractivity (Wildman–Crippen MR) is 118 cm³/mol. The third kappa shape index (κ3) is 4.64. The summed E-state index contributed by atoms with van der Waals surface area (Å²) in [6.07, 6.45) is 0.0189. The van der Waals surface area contributed by atoms with Crippen molar-refractivity contribution in [3.8, 4) is 0 Å². The van der Waals surface area contributed by atoms with E-state index in [1.165, 1.54) is 0 Å². The van der Waals surface area contributed by atoms with Crippen LogP contribution in [0.15, 0.2) is 42.5 Å². The van der Waals surface area contributed by atoms with Crippen molar-refractivity contribution < 1.29 is 14.3 Å². The molecule has 30 heavy (non-hydrogen) atoms. The van der Waals surface area contributed by atoms with E-state index in [4.69, 9.17) is 4.74 Å². The van der Waals surface area contributed by atoms with E-state index in [2.05, 4.69) is 29.1 Å². The smallest absolute Gasteiger partial charge is 0.338 e. The summed E-state index contributed by atoms with van der Waals surface area (Å²) in [5.41, 5.74) is 5.12. The first-order valence-electron chi connectivity index (χ1n) is 10.2. The SMILES string of the molecule is CC[C@H](C)c1ccccc1NC(=O)[C@H](C)OC(=O)c1ccc2nc(C)c(C)nc2c1. The Morgan fingerprint density at radius 2 is 1.67 bits per heavy atom. The molecule has 3 aromatic rings. The van der Waals surface area contributed by atoms with Crippen LogP contribution in [0.25, 0.3) is 11.0 Å². The summed E-state index contributed by atoms with van der Waals surface area (Å²) in [6, 6.07) is 12.7. The Morgan fingerprint density at radius 1 is 1.00 bits per heavy atom. The van der Waals surface area contributed by atoms with Crippen LogP contribution in [0.1, 0.15) is 60.4 Å². The van der Waals surface area contributed by atoms with Crippen molar-refractivity contribution in [2.24, 2.45) is 0 Å². The molecule has 6 nitrogen and oxygen atoms in total. The normalized spacial score (nSPS) is 13.0. The second-order valence-electron chi connectivity index (χ2n) is 7.53. The summed E-state index contributed by atoms with van der Waals surface area (Å²) in [7, 11) is 0. The summed E-state index contributed by atoms with van der Waals surface area (Å²) in [5, 5.41) is 2.89. The van der Waals surface area contributed by atoms with E-state index in [0.717, 1.165) is 29.1 Å². The monoisotopic (exact) mass is 405 g/mol. The quantitative estimate of drug-likeness (QED) is 0.587. The lowest BCUT2D eigenvalue weighted by atomic mass is 9.97. The van der Waals surface area contributed by atoms with Gasteiger partial charge in [-0.2, -0.15) is 0 Å². The van der Waals surface area contributed by atoms with Gasteiger partial charge in [-0.15, -0.1) is 0 Å². The van der Waals surface area contributed by atoms with E-state index < -0.39 is 12.1 Å². The molecule has 1 amide bonds. The van der Waals surface area contributed by atoms with Crippen LogP contribution in [0.3, 0.4) is 0 Å². The molecule has 0 spiro atoms. The number of anilines is 1. The number of fused-ring (bicyclic) bond motifs is 1. The molecule has 1 N–H and O–H groups in total. The molecule has 0 radical (unpaired) electrons. The van der Waals surface area contributed by atoms with Crippen LogP contribution in [0.2, 0.25) is 0 Å². The van der Waals surface area contributed by atoms with Crippen LogP contribution in [0.4, 0.5) is 5.69 Å². The van der Waals surface area contributed by atoms with Gasteiger partial charge in [-0.25, -0.2) is 14.8 Å². The molecule has 0 saturated heterocycles. The predicted octanol–water partition coefficient (Wildman–Crippen LogP) is 4.94. The number of aryl methyl sites for hydroxylation is 2. The van der Waals surface area contributed by atoms with E-state index in [0.29, 0.717) is 22.5 Å². The third-order valence-corrected chi connectivity index (χ3v) is 5.33. The van der Waals surface area contributed by atoms with Crippen LogP contribution in [-0.4, -0.2) is 27.9 Å². The number of benzene rings is 2. The molecule has 0 fully saturated rings. The fourth-order valence-corrected chi connectivity index (χ4v) is 3.13. The number of hydrogen-bond acceptors (Lipinski definition) is 5. The van der Waals surface area contributed by atoms with E-state index in [1.54, 1.807) is 25.1 Å². The number of rotatable bonds is 6. The molecule has 2 atom stereocenters. The molecule has 0 bridgehead atoms. The molecule has 0 saturated carbocycles. The molecule has 2 aromatic carbocycles. The zero-order valence-corrected chi connectivity index (χ0v) is 18.0. The Kier molecular flexibility index (Phi) is 6.45. The van der Waals surface area contributed by atoms with E-state index in [1.807, 2.05) is 38.1 Å². The Balaban J connectivity index is 1.72. The first-order valence-corrected chi connectivity index (χ1v) is 10.2. The lowest BCUT2D eigenvalue weighted by Crippen LogP contribution is -2.30. The van der Waals surface area contributed by atoms with E-state index in [-0.39, 0.29) is 5.91 Å². The van der Waals surface area contributed by atoms with Gasteiger partial charge in [-0.05, 0) is 62.9 Å². The molecule has 0 aliphatic heterocycles. The molecule has 1 aromatic heterocycles. The average Bonchev–Trinajstić information content (AvgIpc) is 2.73. The van der Waals surface area contributed by atoms with Gasteiger partial charge < -0.3 is 10.1 Å². The second kappa shape index (κ2) is 9.03. The molecule has 0 aliphatic carbocycles. The molecule has 1 heterocycles. The lowest BCUT2D eigenvalue weighted by Gasteiger charge is -2.18. The molecule has 0 unspecified atom stereocenters. The summed E-state index contributed by atoms with van der Waals surface area (Å²) in [5.74, 6) is -0.633. The minimum absolute atomic E-state index is 0.310. The zero-order valence-electron chi connectivity index (χ0n) is 18.0. The van der Waals surface area contributed by atoms with Gasteiger partial charge in [-0.1, -0.05) is 32.0 Å².